The molecule has 2 rings (SSSR count). The Hall–Kier alpha value is -1.96. The summed E-state index contributed by atoms with van der Waals surface area (Å²) in [7, 11) is 0. The van der Waals surface area contributed by atoms with Crippen molar-refractivity contribution >= 4 is 28.9 Å². The molecule has 20 heavy (non-hydrogen) atoms. The number of carbonyl (C=O) groups is 2. The summed E-state index contributed by atoms with van der Waals surface area (Å²) in [5.74, 6) is -1.27. The Morgan fingerprint density at radius 1 is 1.60 bits per heavy atom. The molecule has 1 aliphatic heterocycles. The van der Waals surface area contributed by atoms with Gasteiger partial charge in [-0.25, -0.2) is 9.78 Å². The summed E-state index contributed by atoms with van der Waals surface area (Å²) < 4.78 is 0. The minimum absolute atomic E-state index is 0.0337. The average molecular weight is 297 g/mol. The molecule has 0 unspecified atom stereocenters. The molecule has 1 amide bonds. The fraction of sp³-hybridized carbons (Fsp3) is 0.500. The smallest absolute Gasteiger partial charge is 0.355 e. The largest absolute Gasteiger partial charge is 0.476 e. The lowest BCUT2D eigenvalue weighted by molar-refractivity contribution is -0.141. The van der Waals surface area contributed by atoms with Gasteiger partial charge in [0.05, 0.1) is 10.7 Å². The molecule has 108 valence electrons. The van der Waals surface area contributed by atoms with E-state index in [0.717, 1.165) is 5.71 Å². The molecule has 0 bridgehead atoms. The molecule has 0 saturated heterocycles. The molecule has 1 atom stereocenters. The van der Waals surface area contributed by atoms with Crippen molar-refractivity contribution in [3.63, 3.8) is 0 Å². The number of thiazole rings is 1. The summed E-state index contributed by atoms with van der Waals surface area (Å²) >= 11 is 1.26. The highest BCUT2D eigenvalue weighted by molar-refractivity contribution is 7.09. The van der Waals surface area contributed by atoms with Crippen molar-refractivity contribution in [1.29, 1.82) is 0 Å². The Morgan fingerprint density at radius 3 is 2.90 bits per heavy atom. The third-order valence-corrected chi connectivity index (χ3v) is 3.78. The zero-order valence-electron chi connectivity index (χ0n) is 11.2. The number of nitrogens with zero attached hydrogens (tertiary/aromatic N) is 2. The molecule has 0 aliphatic carbocycles. The Morgan fingerprint density at radius 2 is 2.35 bits per heavy atom. The molecule has 1 aromatic heterocycles. The Bertz CT molecular complexity index is 569. The van der Waals surface area contributed by atoms with Crippen LogP contribution in [0.2, 0.25) is 0 Å². The maximum Gasteiger partial charge on any atom is 0.355 e. The Labute approximate surface area is 119 Å². The monoisotopic (exact) mass is 297 g/mol. The molecule has 2 N–H and O–H groups in total. The van der Waals surface area contributed by atoms with Crippen LogP contribution < -0.4 is 5.32 Å². The zero-order chi connectivity index (χ0) is 14.8. The Balaban J connectivity index is 1.81. The first-order chi connectivity index (χ1) is 9.40. The van der Waals surface area contributed by atoms with Crippen LogP contribution >= 0.6 is 11.3 Å². The normalized spacial score (nSPS) is 21.2. The second kappa shape index (κ2) is 5.58. The second-order valence-corrected chi connectivity index (χ2v) is 5.71. The van der Waals surface area contributed by atoms with Crippen LogP contribution in [0, 0.1) is 0 Å². The van der Waals surface area contributed by atoms with Gasteiger partial charge < -0.3 is 15.3 Å². The van der Waals surface area contributed by atoms with E-state index in [4.69, 9.17) is 9.94 Å². The summed E-state index contributed by atoms with van der Waals surface area (Å²) in [6.07, 6.45) is 0.957. The molecular weight excluding hydrogens is 282 g/mol. The molecule has 0 fully saturated rings. The fourth-order valence-electron chi connectivity index (χ4n) is 1.85. The molecule has 2 heterocycles. The minimum atomic E-state index is -1.05. The number of carboxylic acid groups (broad SMARTS) is 1. The number of oxime groups is 1. The van der Waals surface area contributed by atoms with E-state index in [9.17, 15) is 9.59 Å². The number of rotatable bonds is 5. The van der Waals surface area contributed by atoms with E-state index in [2.05, 4.69) is 15.5 Å². The van der Waals surface area contributed by atoms with E-state index in [0.29, 0.717) is 24.4 Å². The number of carboxylic acids is 1. The third kappa shape index (κ3) is 3.13. The van der Waals surface area contributed by atoms with E-state index < -0.39 is 11.6 Å². The molecule has 1 aromatic rings. The van der Waals surface area contributed by atoms with Gasteiger partial charge >= 0.3 is 5.97 Å². The van der Waals surface area contributed by atoms with E-state index in [-0.39, 0.29) is 11.6 Å². The summed E-state index contributed by atoms with van der Waals surface area (Å²) in [5, 5.41) is 17.5. The van der Waals surface area contributed by atoms with Gasteiger partial charge in [0.25, 0.3) is 5.91 Å². The van der Waals surface area contributed by atoms with Gasteiger partial charge in [-0.2, -0.15) is 0 Å². The first kappa shape index (κ1) is 14.4. The SMILES string of the molecule is CC1=NO[C@](C)(C(=O)NCCc2nc(C(=O)O)cs2)C1. The highest BCUT2D eigenvalue weighted by atomic mass is 32.1. The van der Waals surface area contributed by atoms with Gasteiger partial charge in [0.1, 0.15) is 0 Å². The van der Waals surface area contributed by atoms with Crippen molar-refractivity contribution in [2.45, 2.75) is 32.3 Å². The highest BCUT2D eigenvalue weighted by Gasteiger charge is 2.40. The van der Waals surface area contributed by atoms with Crippen LogP contribution in [0.3, 0.4) is 0 Å². The second-order valence-electron chi connectivity index (χ2n) is 4.76. The van der Waals surface area contributed by atoms with Crippen LogP contribution in [0.5, 0.6) is 0 Å². The van der Waals surface area contributed by atoms with Crippen LogP contribution in [-0.4, -0.2) is 39.8 Å². The van der Waals surface area contributed by atoms with Gasteiger partial charge in [-0.15, -0.1) is 11.3 Å². The predicted molar refractivity (Wildman–Crippen MR) is 73.0 cm³/mol. The van der Waals surface area contributed by atoms with Crippen molar-refractivity contribution in [3.05, 3.63) is 16.1 Å². The number of carbonyl (C=O) groups excluding carboxylic acids is 1. The Kier molecular flexibility index (Phi) is 4.03. The quantitative estimate of drug-likeness (QED) is 0.846. The predicted octanol–water partition coefficient (Wildman–Crippen LogP) is 1.05. The van der Waals surface area contributed by atoms with Crippen LogP contribution in [0.4, 0.5) is 0 Å². The van der Waals surface area contributed by atoms with Gasteiger partial charge in [-0.05, 0) is 13.8 Å². The highest BCUT2D eigenvalue weighted by Crippen LogP contribution is 2.23. The maximum absolute atomic E-state index is 12.0. The van der Waals surface area contributed by atoms with Crippen molar-refractivity contribution in [1.82, 2.24) is 10.3 Å². The lowest BCUT2D eigenvalue weighted by Gasteiger charge is -2.20. The van der Waals surface area contributed by atoms with Gasteiger partial charge in [-0.3, -0.25) is 4.79 Å². The molecule has 0 saturated carbocycles. The lowest BCUT2D eigenvalue weighted by Crippen LogP contribution is -2.45. The fourth-order valence-corrected chi connectivity index (χ4v) is 2.62. The number of nitrogens with one attached hydrogen (secondary N) is 1. The standard InChI is InChI=1S/C12H15N3O4S/c1-7-5-12(2,19-15-7)11(18)13-4-3-9-14-8(6-20-9)10(16)17/h6H,3-5H2,1-2H3,(H,13,18)(H,16,17)/t12-/m0/s1. The number of hydrogen-bond acceptors (Lipinski definition) is 6. The van der Waals surface area contributed by atoms with Crippen LogP contribution in [0.15, 0.2) is 10.5 Å². The lowest BCUT2D eigenvalue weighted by atomic mass is 9.99. The molecule has 0 aromatic carbocycles. The van der Waals surface area contributed by atoms with Crippen LogP contribution in [0.25, 0.3) is 0 Å². The zero-order valence-corrected chi connectivity index (χ0v) is 12.0. The van der Waals surface area contributed by atoms with Crippen molar-refractivity contribution in [2.24, 2.45) is 5.16 Å². The van der Waals surface area contributed by atoms with Crippen LogP contribution in [-0.2, 0) is 16.1 Å². The van der Waals surface area contributed by atoms with Gasteiger partial charge in [-0.1, -0.05) is 5.16 Å². The summed E-state index contributed by atoms with van der Waals surface area (Å²) in [6.45, 7) is 3.87. The van der Waals surface area contributed by atoms with E-state index in [1.807, 2.05) is 6.92 Å². The van der Waals surface area contributed by atoms with Gasteiger partial charge in [0.15, 0.2) is 5.69 Å². The van der Waals surface area contributed by atoms with Gasteiger partial charge in [0, 0.05) is 24.8 Å². The number of aromatic nitrogens is 1. The van der Waals surface area contributed by atoms with Crippen molar-refractivity contribution < 1.29 is 19.5 Å². The summed E-state index contributed by atoms with van der Waals surface area (Å²) in [6, 6.07) is 0. The average Bonchev–Trinajstić information content (AvgIpc) is 2.97. The number of amides is 1. The van der Waals surface area contributed by atoms with E-state index >= 15 is 0 Å². The van der Waals surface area contributed by atoms with E-state index in [1.54, 1.807) is 6.92 Å². The topological polar surface area (TPSA) is 101 Å². The van der Waals surface area contributed by atoms with Crippen LogP contribution in [0.1, 0.15) is 35.8 Å². The summed E-state index contributed by atoms with van der Waals surface area (Å²) in [4.78, 5) is 31.8. The molecule has 8 heteroatoms. The van der Waals surface area contributed by atoms with Crippen molar-refractivity contribution in [2.75, 3.05) is 6.54 Å². The number of aromatic carboxylic acids is 1. The summed E-state index contributed by atoms with van der Waals surface area (Å²) in [5.41, 5.74) is -0.126. The maximum atomic E-state index is 12.0. The molecule has 0 spiro atoms. The minimum Gasteiger partial charge on any atom is -0.476 e. The third-order valence-electron chi connectivity index (χ3n) is 2.87. The molecule has 1 aliphatic rings. The van der Waals surface area contributed by atoms with Crippen molar-refractivity contribution in [3.8, 4) is 0 Å². The van der Waals surface area contributed by atoms with E-state index in [1.165, 1.54) is 16.7 Å². The molecular formula is C12H15N3O4S. The molecule has 0 radical (unpaired) electrons. The first-order valence-corrected chi connectivity index (χ1v) is 6.96. The number of hydrogen-bond donors (Lipinski definition) is 2. The van der Waals surface area contributed by atoms with Gasteiger partial charge in [0.2, 0.25) is 5.60 Å². The molecule has 7 nitrogen and oxygen atoms in total. The first-order valence-electron chi connectivity index (χ1n) is 6.08.